The summed E-state index contributed by atoms with van der Waals surface area (Å²) in [5.74, 6) is 5.76. The molecule has 108 valence electrons. The van der Waals surface area contributed by atoms with E-state index in [1.165, 1.54) is 19.4 Å². The summed E-state index contributed by atoms with van der Waals surface area (Å²) in [5, 5.41) is 2.75. The predicted octanol–water partition coefficient (Wildman–Crippen LogP) is 2.50. The minimum Gasteiger partial charge on any atom is -0.495 e. The van der Waals surface area contributed by atoms with Gasteiger partial charge in [0, 0.05) is 5.56 Å². The number of anilines is 1. The predicted molar refractivity (Wildman–Crippen MR) is 80.6 cm³/mol. The van der Waals surface area contributed by atoms with Gasteiger partial charge in [-0.15, -0.1) is 0 Å². The first-order chi connectivity index (χ1) is 10.2. The van der Waals surface area contributed by atoms with Crippen LogP contribution in [-0.4, -0.2) is 19.6 Å². The summed E-state index contributed by atoms with van der Waals surface area (Å²) in [6, 6.07) is 6.69. The second-order valence-electron chi connectivity index (χ2n) is 3.98. The lowest BCUT2D eigenvalue weighted by Crippen LogP contribution is -2.12. The Hall–Kier alpha value is -2.42. The average Bonchev–Trinajstić information content (AvgIpc) is 2.91. The van der Waals surface area contributed by atoms with Crippen molar-refractivity contribution in [2.24, 2.45) is 5.73 Å². The van der Waals surface area contributed by atoms with E-state index < -0.39 is 5.91 Å². The molecule has 5 nitrogen and oxygen atoms in total. The van der Waals surface area contributed by atoms with Crippen molar-refractivity contribution in [2.45, 2.75) is 0 Å². The van der Waals surface area contributed by atoms with Crippen molar-refractivity contribution in [3.05, 3.63) is 46.9 Å². The summed E-state index contributed by atoms with van der Waals surface area (Å²) in [4.78, 5) is 12.1. The number of hydrogen-bond acceptors (Lipinski definition) is 4. The highest BCUT2D eigenvalue weighted by atomic mass is 35.5. The Morgan fingerprint density at radius 3 is 2.90 bits per heavy atom. The van der Waals surface area contributed by atoms with Gasteiger partial charge in [-0.1, -0.05) is 11.8 Å². The molecule has 0 bridgehead atoms. The third kappa shape index (κ3) is 3.57. The van der Waals surface area contributed by atoms with E-state index in [0.29, 0.717) is 11.4 Å². The zero-order valence-electron chi connectivity index (χ0n) is 11.3. The number of carbonyl (C=O) groups excluding carboxylic acids is 1. The topological polar surface area (TPSA) is 77.5 Å². The van der Waals surface area contributed by atoms with E-state index in [1.807, 2.05) is 0 Å². The third-order valence-electron chi connectivity index (χ3n) is 2.65. The van der Waals surface area contributed by atoms with E-state index in [0.717, 1.165) is 5.56 Å². The molecule has 2 rings (SSSR count). The lowest BCUT2D eigenvalue weighted by molar-refractivity contribution is 0.102. The molecule has 0 aliphatic rings. The van der Waals surface area contributed by atoms with Crippen molar-refractivity contribution < 1.29 is 13.9 Å². The number of carbonyl (C=O) groups is 1. The van der Waals surface area contributed by atoms with Crippen LogP contribution < -0.4 is 15.8 Å². The van der Waals surface area contributed by atoms with Crippen LogP contribution in [0, 0.1) is 11.8 Å². The fourth-order valence-corrected chi connectivity index (χ4v) is 1.88. The molecule has 0 saturated carbocycles. The van der Waals surface area contributed by atoms with E-state index >= 15 is 0 Å². The van der Waals surface area contributed by atoms with Crippen molar-refractivity contribution in [2.75, 3.05) is 19.0 Å². The molecule has 0 spiro atoms. The van der Waals surface area contributed by atoms with Gasteiger partial charge in [0.2, 0.25) is 5.22 Å². The fraction of sp³-hybridized carbons (Fsp3) is 0.133. The van der Waals surface area contributed by atoms with Gasteiger partial charge < -0.3 is 20.2 Å². The molecular weight excluding hydrogens is 292 g/mol. The Kier molecular flexibility index (Phi) is 4.88. The van der Waals surface area contributed by atoms with Gasteiger partial charge in [-0.05, 0) is 35.9 Å². The Bertz CT molecular complexity index is 713. The second kappa shape index (κ2) is 6.84. The Morgan fingerprint density at radius 1 is 1.48 bits per heavy atom. The highest BCUT2D eigenvalue weighted by Crippen LogP contribution is 2.27. The Balaban J connectivity index is 2.29. The normalized spacial score (nSPS) is 9.67. The molecule has 6 heteroatoms. The van der Waals surface area contributed by atoms with E-state index in [4.69, 9.17) is 26.5 Å². The number of methoxy groups -OCH3 is 1. The number of rotatable bonds is 3. The number of nitrogens with two attached hydrogens (primary N) is 1. The SMILES string of the molecule is COc1ccc(C#CCN)cc1NC(=O)c1ccoc1Cl. The van der Waals surface area contributed by atoms with Gasteiger partial charge in [-0.3, -0.25) is 4.79 Å². The lowest BCUT2D eigenvalue weighted by Gasteiger charge is -2.10. The van der Waals surface area contributed by atoms with Gasteiger partial charge in [0.25, 0.3) is 5.91 Å². The first-order valence-corrected chi connectivity index (χ1v) is 6.45. The van der Waals surface area contributed by atoms with Gasteiger partial charge in [-0.25, -0.2) is 0 Å². The molecule has 1 amide bonds. The number of furan rings is 1. The highest BCUT2D eigenvalue weighted by molar-refractivity contribution is 6.32. The van der Waals surface area contributed by atoms with Crippen LogP contribution >= 0.6 is 11.6 Å². The zero-order chi connectivity index (χ0) is 15.2. The number of nitrogens with one attached hydrogen (secondary N) is 1. The van der Waals surface area contributed by atoms with Crippen LogP contribution in [0.3, 0.4) is 0 Å². The summed E-state index contributed by atoms with van der Waals surface area (Å²) in [5.41, 5.74) is 6.79. The van der Waals surface area contributed by atoms with Crippen LogP contribution in [0.25, 0.3) is 0 Å². The fourth-order valence-electron chi connectivity index (χ4n) is 1.68. The minimum atomic E-state index is -0.393. The Labute approximate surface area is 127 Å². The van der Waals surface area contributed by atoms with Gasteiger partial charge in [0.15, 0.2) is 0 Å². The monoisotopic (exact) mass is 304 g/mol. The molecule has 1 aromatic heterocycles. The maximum absolute atomic E-state index is 12.1. The van der Waals surface area contributed by atoms with Crippen molar-refractivity contribution in [3.8, 4) is 17.6 Å². The summed E-state index contributed by atoms with van der Waals surface area (Å²) in [6.07, 6.45) is 1.34. The van der Waals surface area contributed by atoms with Crippen LogP contribution in [0.5, 0.6) is 5.75 Å². The molecule has 0 aliphatic carbocycles. The number of benzene rings is 1. The molecule has 21 heavy (non-hydrogen) atoms. The molecule has 1 heterocycles. The molecule has 1 aromatic carbocycles. The maximum atomic E-state index is 12.1. The van der Waals surface area contributed by atoms with Crippen molar-refractivity contribution in [1.82, 2.24) is 0 Å². The number of ether oxygens (including phenoxy) is 1. The highest BCUT2D eigenvalue weighted by Gasteiger charge is 2.15. The molecule has 0 saturated heterocycles. The Morgan fingerprint density at radius 2 is 2.29 bits per heavy atom. The zero-order valence-corrected chi connectivity index (χ0v) is 12.0. The van der Waals surface area contributed by atoms with Crippen molar-refractivity contribution >= 4 is 23.2 Å². The summed E-state index contributed by atoms with van der Waals surface area (Å²) < 4.78 is 10.1. The van der Waals surface area contributed by atoms with Crippen LogP contribution in [0.2, 0.25) is 5.22 Å². The lowest BCUT2D eigenvalue weighted by atomic mass is 10.1. The molecule has 3 N–H and O–H groups in total. The van der Waals surface area contributed by atoms with Crippen LogP contribution in [0.1, 0.15) is 15.9 Å². The molecule has 0 aliphatic heterocycles. The number of halogens is 1. The third-order valence-corrected chi connectivity index (χ3v) is 2.94. The van der Waals surface area contributed by atoms with Crippen molar-refractivity contribution in [3.63, 3.8) is 0 Å². The first kappa shape index (κ1) is 15.0. The molecule has 0 unspecified atom stereocenters. The molecule has 0 fully saturated rings. The van der Waals surface area contributed by atoms with Crippen LogP contribution in [0.15, 0.2) is 34.9 Å². The maximum Gasteiger partial charge on any atom is 0.260 e. The first-order valence-electron chi connectivity index (χ1n) is 6.07. The molecule has 2 aromatic rings. The molecule has 0 radical (unpaired) electrons. The quantitative estimate of drug-likeness (QED) is 0.854. The molecular formula is C15H13ClN2O3. The second-order valence-corrected chi connectivity index (χ2v) is 4.33. The summed E-state index contributed by atoms with van der Waals surface area (Å²) >= 11 is 5.78. The van der Waals surface area contributed by atoms with Gasteiger partial charge >= 0.3 is 0 Å². The summed E-state index contributed by atoms with van der Waals surface area (Å²) in [6.45, 7) is 0.262. The molecule has 0 atom stereocenters. The van der Waals surface area contributed by atoms with Gasteiger partial charge in [0.1, 0.15) is 5.75 Å². The number of hydrogen-bond donors (Lipinski definition) is 2. The standard InChI is InChI=1S/C15H13ClN2O3/c1-20-13-5-4-10(3-2-7-17)9-12(13)18-15(19)11-6-8-21-14(11)16/h4-6,8-9H,7,17H2,1H3,(H,18,19). The van der Waals surface area contributed by atoms with E-state index in [1.54, 1.807) is 18.2 Å². The number of amides is 1. The van der Waals surface area contributed by atoms with Gasteiger partial charge in [0.05, 0.1) is 31.2 Å². The van der Waals surface area contributed by atoms with E-state index in [-0.39, 0.29) is 17.3 Å². The smallest absolute Gasteiger partial charge is 0.260 e. The van der Waals surface area contributed by atoms with Gasteiger partial charge in [-0.2, -0.15) is 0 Å². The largest absolute Gasteiger partial charge is 0.495 e. The van der Waals surface area contributed by atoms with Crippen LogP contribution in [0.4, 0.5) is 5.69 Å². The summed E-state index contributed by atoms with van der Waals surface area (Å²) in [7, 11) is 1.51. The van der Waals surface area contributed by atoms with E-state index in [2.05, 4.69) is 17.2 Å². The minimum absolute atomic E-state index is 0.0329. The van der Waals surface area contributed by atoms with E-state index in [9.17, 15) is 4.79 Å². The van der Waals surface area contributed by atoms with Crippen molar-refractivity contribution in [1.29, 1.82) is 0 Å². The average molecular weight is 305 g/mol. The van der Waals surface area contributed by atoms with Crippen LogP contribution in [-0.2, 0) is 0 Å².